The Balaban J connectivity index is 1.75. The SMILES string of the molecule is Fc1ccc(CNc2nc(-n3cncn3)nc3sc(C(F)(F)F)cc23)cc1. The number of thiophene rings is 1. The normalized spacial score (nSPS) is 11.9. The molecule has 138 valence electrons. The second-order valence-corrected chi connectivity index (χ2v) is 6.55. The lowest BCUT2D eigenvalue weighted by Crippen LogP contribution is -2.07. The number of hydrogen-bond acceptors (Lipinski definition) is 6. The molecule has 0 fully saturated rings. The molecule has 11 heteroatoms. The minimum Gasteiger partial charge on any atom is -0.365 e. The predicted octanol–water partition coefficient (Wildman–Crippen LogP) is 4.04. The Morgan fingerprint density at radius 3 is 2.56 bits per heavy atom. The maximum Gasteiger partial charge on any atom is 0.425 e. The van der Waals surface area contributed by atoms with Crippen LogP contribution in [-0.4, -0.2) is 24.7 Å². The summed E-state index contributed by atoms with van der Waals surface area (Å²) in [5.41, 5.74) is 0.747. The molecule has 0 amide bonds. The van der Waals surface area contributed by atoms with Crippen LogP contribution in [0.2, 0.25) is 0 Å². The summed E-state index contributed by atoms with van der Waals surface area (Å²) in [5.74, 6) is -0.0527. The Morgan fingerprint density at radius 2 is 1.89 bits per heavy atom. The average Bonchev–Trinajstić information content (AvgIpc) is 3.30. The van der Waals surface area contributed by atoms with Crippen molar-refractivity contribution < 1.29 is 17.6 Å². The summed E-state index contributed by atoms with van der Waals surface area (Å²) >= 11 is 0.526. The van der Waals surface area contributed by atoms with Crippen LogP contribution in [0.15, 0.2) is 43.0 Å². The van der Waals surface area contributed by atoms with Gasteiger partial charge in [0, 0.05) is 6.54 Å². The van der Waals surface area contributed by atoms with E-state index in [1.807, 2.05) is 0 Å². The highest BCUT2D eigenvalue weighted by atomic mass is 32.1. The van der Waals surface area contributed by atoms with Crippen molar-refractivity contribution in [2.45, 2.75) is 12.7 Å². The molecule has 3 aromatic heterocycles. The van der Waals surface area contributed by atoms with Crippen molar-refractivity contribution in [1.29, 1.82) is 0 Å². The number of anilines is 1. The van der Waals surface area contributed by atoms with E-state index < -0.39 is 11.1 Å². The van der Waals surface area contributed by atoms with Crippen LogP contribution in [-0.2, 0) is 12.7 Å². The quantitative estimate of drug-likeness (QED) is 0.529. The van der Waals surface area contributed by atoms with Crippen molar-refractivity contribution >= 4 is 27.4 Å². The molecule has 1 N–H and O–H groups in total. The summed E-state index contributed by atoms with van der Waals surface area (Å²) in [6.07, 6.45) is -1.86. The van der Waals surface area contributed by atoms with Crippen LogP contribution in [0.4, 0.5) is 23.4 Å². The van der Waals surface area contributed by atoms with E-state index in [1.165, 1.54) is 29.5 Å². The zero-order chi connectivity index (χ0) is 19.0. The maximum atomic E-state index is 13.1. The fraction of sp³-hybridized carbons (Fsp3) is 0.125. The van der Waals surface area contributed by atoms with Crippen LogP contribution >= 0.6 is 11.3 Å². The minimum absolute atomic E-state index is 0.0946. The minimum atomic E-state index is -4.48. The van der Waals surface area contributed by atoms with Crippen LogP contribution in [0.25, 0.3) is 16.2 Å². The van der Waals surface area contributed by atoms with E-state index in [-0.39, 0.29) is 34.3 Å². The van der Waals surface area contributed by atoms with Crippen LogP contribution in [0.5, 0.6) is 0 Å². The van der Waals surface area contributed by atoms with Crippen LogP contribution in [0.3, 0.4) is 0 Å². The van der Waals surface area contributed by atoms with Crippen LogP contribution < -0.4 is 5.32 Å². The number of hydrogen-bond donors (Lipinski definition) is 1. The number of nitrogens with one attached hydrogen (secondary N) is 1. The van der Waals surface area contributed by atoms with Gasteiger partial charge in [0.05, 0.1) is 5.39 Å². The molecule has 1 aromatic carbocycles. The van der Waals surface area contributed by atoms with Gasteiger partial charge in [-0.2, -0.15) is 32.9 Å². The number of aromatic nitrogens is 5. The second-order valence-electron chi connectivity index (χ2n) is 5.52. The van der Waals surface area contributed by atoms with Gasteiger partial charge in [-0.05, 0) is 23.8 Å². The first-order chi connectivity index (χ1) is 12.9. The molecule has 0 aliphatic carbocycles. The van der Waals surface area contributed by atoms with Gasteiger partial charge < -0.3 is 5.32 Å². The fourth-order valence-corrected chi connectivity index (χ4v) is 3.28. The van der Waals surface area contributed by atoms with Gasteiger partial charge in [0.1, 0.15) is 34.0 Å². The monoisotopic (exact) mass is 394 g/mol. The predicted molar refractivity (Wildman–Crippen MR) is 91.1 cm³/mol. The van der Waals surface area contributed by atoms with E-state index in [2.05, 4.69) is 25.4 Å². The first-order valence-corrected chi connectivity index (χ1v) is 8.44. The Bertz CT molecular complexity index is 1070. The van der Waals surface area contributed by atoms with E-state index in [1.54, 1.807) is 12.1 Å². The van der Waals surface area contributed by atoms with Crippen molar-refractivity contribution in [2.75, 3.05) is 5.32 Å². The molecule has 0 spiro atoms. The van der Waals surface area contributed by atoms with Crippen LogP contribution in [0, 0.1) is 5.82 Å². The smallest absolute Gasteiger partial charge is 0.365 e. The summed E-state index contributed by atoms with van der Waals surface area (Å²) in [6, 6.07) is 6.78. The summed E-state index contributed by atoms with van der Waals surface area (Å²) < 4.78 is 53.6. The molecule has 27 heavy (non-hydrogen) atoms. The van der Waals surface area contributed by atoms with E-state index in [9.17, 15) is 17.6 Å². The van der Waals surface area contributed by atoms with Gasteiger partial charge in [-0.3, -0.25) is 0 Å². The van der Waals surface area contributed by atoms with E-state index >= 15 is 0 Å². The largest absolute Gasteiger partial charge is 0.425 e. The van der Waals surface area contributed by atoms with E-state index in [0.29, 0.717) is 11.3 Å². The molecule has 0 atom stereocenters. The van der Waals surface area contributed by atoms with Crippen molar-refractivity contribution in [3.8, 4) is 5.95 Å². The number of halogens is 4. The molecular weight excluding hydrogens is 384 g/mol. The van der Waals surface area contributed by atoms with Crippen molar-refractivity contribution in [3.05, 3.63) is 59.2 Å². The van der Waals surface area contributed by atoms with Gasteiger partial charge in [0.25, 0.3) is 5.95 Å². The fourth-order valence-electron chi connectivity index (χ4n) is 2.39. The summed E-state index contributed by atoms with van der Waals surface area (Å²) in [7, 11) is 0. The first kappa shape index (κ1) is 17.3. The van der Waals surface area contributed by atoms with E-state index in [0.717, 1.165) is 11.6 Å². The number of alkyl halides is 3. The highest BCUT2D eigenvalue weighted by molar-refractivity contribution is 7.18. The molecule has 0 saturated heterocycles. The Labute approximate surface area is 153 Å². The summed E-state index contributed by atoms with van der Waals surface area (Å²) in [4.78, 5) is 11.6. The molecule has 0 aliphatic rings. The number of fused-ring (bicyclic) bond motifs is 1. The lowest BCUT2D eigenvalue weighted by atomic mass is 10.2. The first-order valence-electron chi connectivity index (χ1n) is 7.62. The number of nitrogens with zero attached hydrogens (tertiary/aromatic N) is 5. The second kappa shape index (κ2) is 6.58. The Hall–Kier alpha value is -3.08. The van der Waals surface area contributed by atoms with Gasteiger partial charge in [-0.25, -0.2) is 9.37 Å². The summed E-state index contributed by atoms with van der Waals surface area (Å²) in [6.45, 7) is 0.250. The lowest BCUT2D eigenvalue weighted by molar-refractivity contribution is -0.134. The molecule has 0 unspecified atom stereocenters. The third kappa shape index (κ3) is 3.58. The Morgan fingerprint density at radius 1 is 1.11 bits per heavy atom. The average molecular weight is 394 g/mol. The van der Waals surface area contributed by atoms with Crippen molar-refractivity contribution in [1.82, 2.24) is 24.7 Å². The van der Waals surface area contributed by atoms with Crippen LogP contribution in [0.1, 0.15) is 10.4 Å². The molecule has 3 heterocycles. The summed E-state index contributed by atoms with van der Waals surface area (Å²) in [5, 5.41) is 7.15. The van der Waals surface area contributed by atoms with Crippen molar-refractivity contribution in [3.63, 3.8) is 0 Å². The van der Waals surface area contributed by atoms with Gasteiger partial charge in [-0.15, -0.1) is 11.3 Å². The molecule has 6 nitrogen and oxygen atoms in total. The highest BCUT2D eigenvalue weighted by Crippen LogP contribution is 2.39. The molecule has 0 saturated carbocycles. The number of benzene rings is 1. The standard InChI is InChI=1S/C16H10F4N6S/c17-10-3-1-9(2-4-10)6-22-13-11-5-12(16(18,19)20)27-14(11)25-15(24-13)26-8-21-7-23-26/h1-5,7-8H,6H2,(H,22,24,25). The van der Waals surface area contributed by atoms with E-state index in [4.69, 9.17) is 0 Å². The molecule has 0 radical (unpaired) electrons. The zero-order valence-electron chi connectivity index (χ0n) is 13.4. The van der Waals surface area contributed by atoms with Crippen molar-refractivity contribution in [2.24, 2.45) is 0 Å². The molecule has 0 bridgehead atoms. The van der Waals surface area contributed by atoms with Gasteiger partial charge in [0.2, 0.25) is 0 Å². The topological polar surface area (TPSA) is 68.5 Å². The lowest BCUT2D eigenvalue weighted by Gasteiger charge is -2.09. The molecule has 0 aliphatic heterocycles. The molecule has 4 rings (SSSR count). The van der Waals surface area contributed by atoms with Gasteiger partial charge in [-0.1, -0.05) is 12.1 Å². The van der Waals surface area contributed by atoms with Gasteiger partial charge in [0.15, 0.2) is 0 Å². The molecular formula is C16H10F4N6S. The zero-order valence-corrected chi connectivity index (χ0v) is 14.2. The third-order valence-electron chi connectivity index (χ3n) is 3.66. The number of rotatable bonds is 4. The maximum absolute atomic E-state index is 13.1. The molecule has 4 aromatic rings. The highest BCUT2D eigenvalue weighted by Gasteiger charge is 2.33. The Kier molecular flexibility index (Phi) is 4.22. The third-order valence-corrected chi connectivity index (χ3v) is 4.73. The van der Waals surface area contributed by atoms with Gasteiger partial charge >= 0.3 is 6.18 Å².